The molecule has 1 fully saturated rings. The molecule has 0 amide bonds. The first-order chi connectivity index (χ1) is 7.75. The van der Waals surface area contributed by atoms with E-state index in [1.807, 2.05) is 0 Å². The molecule has 1 aliphatic rings. The van der Waals surface area contributed by atoms with Gasteiger partial charge in [-0.1, -0.05) is 29.8 Å². The standard InChI is InChI=1S/C14H21NS/c1-11-5-3-6-13(9-11)12(2)15-10-14-7-4-8-16-14/h3,5-6,9,12,14-15H,4,7-8,10H2,1-2H3. The van der Waals surface area contributed by atoms with E-state index < -0.39 is 0 Å². The second-order valence-electron chi connectivity index (χ2n) is 4.68. The molecule has 0 radical (unpaired) electrons. The van der Waals surface area contributed by atoms with E-state index in [-0.39, 0.29) is 0 Å². The molecule has 0 spiro atoms. The van der Waals surface area contributed by atoms with Crippen LogP contribution in [0.2, 0.25) is 0 Å². The van der Waals surface area contributed by atoms with Crippen molar-refractivity contribution < 1.29 is 0 Å². The normalized spacial score (nSPS) is 22.2. The Labute approximate surface area is 103 Å². The van der Waals surface area contributed by atoms with Gasteiger partial charge in [0.15, 0.2) is 0 Å². The Kier molecular flexibility index (Phi) is 4.30. The SMILES string of the molecule is Cc1cccc(C(C)NCC2CCCS2)c1. The number of aryl methyl sites for hydroxylation is 1. The van der Waals surface area contributed by atoms with Crippen molar-refractivity contribution in [3.63, 3.8) is 0 Å². The molecule has 1 aromatic rings. The zero-order chi connectivity index (χ0) is 11.4. The van der Waals surface area contributed by atoms with Gasteiger partial charge in [-0.2, -0.15) is 11.8 Å². The Bertz CT molecular complexity index is 331. The monoisotopic (exact) mass is 235 g/mol. The van der Waals surface area contributed by atoms with Crippen LogP contribution in [0, 0.1) is 6.92 Å². The van der Waals surface area contributed by atoms with Crippen molar-refractivity contribution in [3.05, 3.63) is 35.4 Å². The minimum Gasteiger partial charge on any atom is -0.309 e. The Hall–Kier alpha value is -0.470. The highest BCUT2D eigenvalue weighted by atomic mass is 32.2. The summed E-state index contributed by atoms with van der Waals surface area (Å²) < 4.78 is 0. The molecule has 2 heteroatoms. The summed E-state index contributed by atoms with van der Waals surface area (Å²) in [6, 6.07) is 9.27. The van der Waals surface area contributed by atoms with Crippen LogP contribution < -0.4 is 5.32 Å². The van der Waals surface area contributed by atoms with Crippen molar-refractivity contribution in [1.82, 2.24) is 5.32 Å². The first kappa shape index (κ1) is 12.0. The predicted molar refractivity (Wildman–Crippen MR) is 73.1 cm³/mol. The Morgan fingerprint density at radius 3 is 3.06 bits per heavy atom. The molecule has 16 heavy (non-hydrogen) atoms. The number of nitrogens with one attached hydrogen (secondary N) is 1. The lowest BCUT2D eigenvalue weighted by Crippen LogP contribution is -2.26. The predicted octanol–water partition coefficient (Wildman–Crippen LogP) is 3.54. The summed E-state index contributed by atoms with van der Waals surface area (Å²) in [5, 5.41) is 4.49. The van der Waals surface area contributed by atoms with Crippen LogP contribution in [0.5, 0.6) is 0 Å². The van der Waals surface area contributed by atoms with E-state index >= 15 is 0 Å². The minimum absolute atomic E-state index is 0.473. The Morgan fingerprint density at radius 2 is 2.38 bits per heavy atom. The van der Waals surface area contributed by atoms with Gasteiger partial charge in [0.1, 0.15) is 0 Å². The number of rotatable bonds is 4. The van der Waals surface area contributed by atoms with E-state index in [1.165, 1.54) is 29.7 Å². The van der Waals surface area contributed by atoms with Gasteiger partial charge in [0, 0.05) is 17.8 Å². The summed E-state index contributed by atoms with van der Waals surface area (Å²) in [5.74, 6) is 1.35. The fourth-order valence-electron chi connectivity index (χ4n) is 2.17. The van der Waals surface area contributed by atoms with Crippen LogP contribution in [0.3, 0.4) is 0 Å². The number of hydrogen-bond donors (Lipinski definition) is 1. The van der Waals surface area contributed by atoms with E-state index in [1.54, 1.807) is 0 Å². The third kappa shape index (κ3) is 3.26. The van der Waals surface area contributed by atoms with Gasteiger partial charge in [-0.25, -0.2) is 0 Å². The van der Waals surface area contributed by atoms with Gasteiger partial charge in [0.05, 0.1) is 0 Å². The number of benzene rings is 1. The van der Waals surface area contributed by atoms with Crippen molar-refractivity contribution >= 4 is 11.8 Å². The summed E-state index contributed by atoms with van der Waals surface area (Å²) in [4.78, 5) is 0. The molecule has 1 heterocycles. The summed E-state index contributed by atoms with van der Waals surface area (Å²) >= 11 is 2.12. The first-order valence-electron chi connectivity index (χ1n) is 6.17. The van der Waals surface area contributed by atoms with Crippen LogP contribution in [-0.4, -0.2) is 17.5 Å². The highest BCUT2D eigenvalue weighted by molar-refractivity contribution is 8.00. The van der Waals surface area contributed by atoms with Crippen molar-refractivity contribution in [2.75, 3.05) is 12.3 Å². The number of hydrogen-bond acceptors (Lipinski definition) is 2. The third-order valence-electron chi connectivity index (χ3n) is 3.22. The molecule has 2 atom stereocenters. The zero-order valence-electron chi connectivity index (χ0n) is 10.2. The molecule has 1 N–H and O–H groups in total. The Morgan fingerprint density at radius 1 is 1.50 bits per heavy atom. The topological polar surface area (TPSA) is 12.0 Å². The molecular weight excluding hydrogens is 214 g/mol. The molecule has 2 unspecified atom stereocenters. The maximum Gasteiger partial charge on any atom is 0.0292 e. The van der Waals surface area contributed by atoms with Crippen molar-refractivity contribution in [2.24, 2.45) is 0 Å². The third-order valence-corrected chi connectivity index (χ3v) is 4.62. The quantitative estimate of drug-likeness (QED) is 0.856. The van der Waals surface area contributed by atoms with Crippen molar-refractivity contribution in [2.45, 2.75) is 38.0 Å². The van der Waals surface area contributed by atoms with Gasteiger partial charge in [-0.3, -0.25) is 0 Å². The van der Waals surface area contributed by atoms with Crippen LogP contribution in [0.15, 0.2) is 24.3 Å². The summed E-state index contributed by atoms with van der Waals surface area (Å²) in [5.41, 5.74) is 2.75. The van der Waals surface area contributed by atoms with E-state index in [0.29, 0.717) is 6.04 Å². The summed E-state index contributed by atoms with van der Waals surface area (Å²) in [7, 11) is 0. The van der Waals surface area contributed by atoms with Crippen molar-refractivity contribution in [3.8, 4) is 0 Å². The zero-order valence-corrected chi connectivity index (χ0v) is 11.0. The average molecular weight is 235 g/mol. The lowest BCUT2D eigenvalue weighted by atomic mass is 10.1. The largest absolute Gasteiger partial charge is 0.309 e. The van der Waals surface area contributed by atoms with E-state index in [0.717, 1.165) is 11.8 Å². The van der Waals surface area contributed by atoms with Crippen LogP contribution in [0.25, 0.3) is 0 Å². The molecule has 1 nitrogen and oxygen atoms in total. The molecule has 1 saturated heterocycles. The maximum atomic E-state index is 3.65. The van der Waals surface area contributed by atoms with Gasteiger partial charge in [0.2, 0.25) is 0 Å². The van der Waals surface area contributed by atoms with Gasteiger partial charge in [-0.05, 0) is 38.0 Å². The second kappa shape index (κ2) is 5.74. The molecule has 88 valence electrons. The second-order valence-corrected chi connectivity index (χ2v) is 6.09. The smallest absolute Gasteiger partial charge is 0.0292 e. The molecule has 0 saturated carbocycles. The van der Waals surface area contributed by atoms with Gasteiger partial charge < -0.3 is 5.32 Å². The van der Waals surface area contributed by atoms with E-state index in [9.17, 15) is 0 Å². The average Bonchev–Trinajstić information content (AvgIpc) is 2.78. The highest BCUT2D eigenvalue weighted by Crippen LogP contribution is 2.26. The highest BCUT2D eigenvalue weighted by Gasteiger charge is 2.16. The van der Waals surface area contributed by atoms with Crippen LogP contribution in [0.1, 0.15) is 36.9 Å². The van der Waals surface area contributed by atoms with Gasteiger partial charge in [0.25, 0.3) is 0 Å². The Balaban J connectivity index is 1.85. The summed E-state index contributed by atoms with van der Waals surface area (Å²) in [6.45, 7) is 5.57. The van der Waals surface area contributed by atoms with Crippen molar-refractivity contribution in [1.29, 1.82) is 0 Å². The van der Waals surface area contributed by atoms with E-state index in [4.69, 9.17) is 0 Å². The maximum absolute atomic E-state index is 3.65. The molecule has 0 bridgehead atoms. The lowest BCUT2D eigenvalue weighted by molar-refractivity contribution is 0.559. The molecular formula is C14H21NS. The van der Waals surface area contributed by atoms with Crippen LogP contribution >= 0.6 is 11.8 Å². The van der Waals surface area contributed by atoms with E-state index in [2.05, 4.69) is 55.2 Å². The van der Waals surface area contributed by atoms with Gasteiger partial charge >= 0.3 is 0 Å². The molecule has 2 rings (SSSR count). The van der Waals surface area contributed by atoms with Crippen LogP contribution in [0.4, 0.5) is 0 Å². The summed E-state index contributed by atoms with van der Waals surface area (Å²) in [6.07, 6.45) is 2.79. The fourth-order valence-corrected chi connectivity index (χ4v) is 3.38. The molecule has 1 aromatic carbocycles. The minimum atomic E-state index is 0.473. The lowest BCUT2D eigenvalue weighted by Gasteiger charge is -2.17. The molecule has 0 aliphatic carbocycles. The van der Waals surface area contributed by atoms with Crippen LogP contribution in [-0.2, 0) is 0 Å². The fraction of sp³-hybridized carbons (Fsp3) is 0.571. The van der Waals surface area contributed by atoms with Gasteiger partial charge in [-0.15, -0.1) is 0 Å². The molecule has 1 aliphatic heterocycles. The first-order valence-corrected chi connectivity index (χ1v) is 7.22. The number of thioether (sulfide) groups is 1. The molecule has 0 aromatic heterocycles.